The lowest BCUT2D eigenvalue weighted by Crippen LogP contribution is -2.25. The second kappa shape index (κ2) is 4.26. The molecule has 1 atom stereocenters. The highest BCUT2D eigenvalue weighted by molar-refractivity contribution is 9.10. The maximum atomic E-state index is 11.7. The fourth-order valence-electron chi connectivity index (χ4n) is 1.74. The molecule has 1 fully saturated rings. The molecule has 0 bridgehead atoms. The standard InChI is InChI=1S/C11H11Br2NO/c1-7-3-2-4-9(11(7)13)14-6-8(12)5-10(14)15/h2-4,8H,5-6H2,1H3. The summed E-state index contributed by atoms with van der Waals surface area (Å²) < 4.78 is 1.01. The fraction of sp³-hybridized carbons (Fsp3) is 0.364. The molecule has 4 heteroatoms. The summed E-state index contributed by atoms with van der Waals surface area (Å²) in [6, 6.07) is 5.98. The maximum absolute atomic E-state index is 11.7. The largest absolute Gasteiger partial charge is 0.310 e. The summed E-state index contributed by atoms with van der Waals surface area (Å²) in [4.78, 5) is 13.8. The smallest absolute Gasteiger partial charge is 0.228 e. The molecule has 2 nitrogen and oxygen atoms in total. The lowest BCUT2D eigenvalue weighted by Gasteiger charge is -2.18. The number of anilines is 1. The molecule has 1 unspecified atom stereocenters. The Bertz CT molecular complexity index is 406. The van der Waals surface area contributed by atoms with Gasteiger partial charge in [0, 0.05) is 22.3 Å². The minimum atomic E-state index is 0.183. The summed E-state index contributed by atoms with van der Waals surface area (Å²) >= 11 is 7.01. The van der Waals surface area contributed by atoms with Crippen molar-refractivity contribution in [2.24, 2.45) is 0 Å². The minimum Gasteiger partial charge on any atom is -0.310 e. The summed E-state index contributed by atoms with van der Waals surface area (Å²) in [5.41, 5.74) is 2.13. The third kappa shape index (κ3) is 2.11. The zero-order chi connectivity index (χ0) is 11.0. The molecule has 0 aromatic heterocycles. The first-order chi connectivity index (χ1) is 7.09. The second-order valence-electron chi connectivity index (χ2n) is 3.71. The number of carbonyl (C=O) groups excluding carboxylic acids is 1. The van der Waals surface area contributed by atoms with E-state index >= 15 is 0 Å². The van der Waals surface area contributed by atoms with Gasteiger partial charge in [0.25, 0.3) is 0 Å². The van der Waals surface area contributed by atoms with Crippen molar-refractivity contribution >= 4 is 43.5 Å². The van der Waals surface area contributed by atoms with Gasteiger partial charge >= 0.3 is 0 Å². The van der Waals surface area contributed by atoms with E-state index in [1.807, 2.05) is 30.0 Å². The summed E-state index contributed by atoms with van der Waals surface area (Å²) in [5, 5.41) is 0. The van der Waals surface area contributed by atoms with Gasteiger partial charge in [0.05, 0.1) is 5.69 Å². The van der Waals surface area contributed by atoms with Gasteiger partial charge in [-0.05, 0) is 34.5 Å². The number of rotatable bonds is 1. The minimum absolute atomic E-state index is 0.183. The molecule has 0 spiro atoms. The number of carbonyl (C=O) groups is 1. The van der Waals surface area contributed by atoms with Gasteiger partial charge in [0.15, 0.2) is 0 Å². The van der Waals surface area contributed by atoms with E-state index in [2.05, 4.69) is 31.9 Å². The van der Waals surface area contributed by atoms with Crippen LogP contribution in [0.3, 0.4) is 0 Å². The van der Waals surface area contributed by atoms with Gasteiger partial charge in [-0.2, -0.15) is 0 Å². The van der Waals surface area contributed by atoms with Crippen LogP contribution < -0.4 is 4.90 Å². The summed E-state index contributed by atoms with van der Waals surface area (Å²) in [6.45, 7) is 2.78. The average molecular weight is 333 g/mol. The van der Waals surface area contributed by atoms with Crippen LogP contribution in [0.2, 0.25) is 0 Å². The van der Waals surface area contributed by atoms with E-state index in [0.29, 0.717) is 6.42 Å². The topological polar surface area (TPSA) is 20.3 Å². The molecule has 1 aromatic rings. The Morgan fingerprint density at radius 1 is 1.47 bits per heavy atom. The molecule has 15 heavy (non-hydrogen) atoms. The molecule has 0 radical (unpaired) electrons. The molecular formula is C11H11Br2NO. The Morgan fingerprint density at radius 3 is 2.80 bits per heavy atom. The highest BCUT2D eigenvalue weighted by Crippen LogP contribution is 2.33. The molecule has 1 aliphatic rings. The Labute approximate surface area is 106 Å². The zero-order valence-corrected chi connectivity index (χ0v) is 11.5. The molecule has 1 saturated heterocycles. The molecule has 1 aliphatic heterocycles. The van der Waals surface area contributed by atoms with Crippen molar-refractivity contribution in [1.82, 2.24) is 0 Å². The number of amides is 1. The van der Waals surface area contributed by atoms with Gasteiger partial charge in [-0.1, -0.05) is 28.1 Å². The highest BCUT2D eigenvalue weighted by atomic mass is 79.9. The highest BCUT2D eigenvalue weighted by Gasteiger charge is 2.29. The fourth-order valence-corrected chi connectivity index (χ4v) is 2.78. The molecule has 0 aliphatic carbocycles. The Hall–Kier alpha value is -0.350. The van der Waals surface area contributed by atoms with Gasteiger partial charge in [-0.25, -0.2) is 0 Å². The van der Waals surface area contributed by atoms with Gasteiger partial charge in [-0.15, -0.1) is 0 Å². The zero-order valence-electron chi connectivity index (χ0n) is 8.34. The molecule has 0 saturated carbocycles. The van der Waals surface area contributed by atoms with E-state index < -0.39 is 0 Å². The summed E-state index contributed by atoms with van der Waals surface area (Å²) in [7, 11) is 0. The number of aryl methyl sites for hydroxylation is 1. The monoisotopic (exact) mass is 331 g/mol. The Balaban J connectivity index is 2.38. The SMILES string of the molecule is Cc1cccc(N2CC(Br)CC2=O)c1Br. The predicted octanol–water partition coefficient (Wildman–Crippen LogP) is 3.26. The number of hydrogen-bond donors (Lipinski definition) is 0. The predicted molar refractivity (Wildman–Crippen MR) is 68.6 cm³/mol. The van der Waals surface area contributed by atoms with Gasteiger partial charge in [0.2, 0.25) is 5.91 Å². The quantitative estimate of drug-likeness (QED) is 0.723. The first-order valence-electron chi connectivity index (χ1n) is 4.79. The number of halogens is 2. The van der Waals surface area contributed by atoms with E-state index in [4.69, 9.17) is 0 Å². The molecule has 1 aromatic carbocycles. The van der Waals surface area contributed by atoms with Crippen molar-refractivity contribution in [3.05, 3.63) is 28.2 Å². The molecular weight excluding hydrogens is 322 g/mol. The van der Waals surface area contributed by atoms with E-state index in [1.54, 1.807) is 0 Å². The lowest BCUT2D eigenvalue weighted by atomic mass is 10.2. The van der Waals surface area contributed by atoms with Crippen molar-refractivity contribution in [2.45, 2.75) is 18.2 Å². The first-order valence-corrected chi connectivity index (χ1v) is 6.50. The van der Waals surface area contributed by atoms with Crippen LogP contribution in [-0.2, 0) is 4.79 Å². The van der Waals surface area contributed by atoms with E-state index in [9.17, 15) is 4.79 Å². The van der Waals surface area contributed by atoms with E-state index in [1.165, 1.54) is 0 Å². The second-order valence-corrected chi connectivity index (χ2v) is 5.80. The molecule has 2 rings (SSSR count). The van der Waals surface area contributed by atoms with Crippen molar-refractivity contribution in [1.29, 1.82) is 0 Å². The summed E-state index contributed by atoms with van der Waals surface area (Å²) in [6.07, 6.45) is 0.584. The van der Waals surface area contributed by atoms with Crippen molar-refractivity contribution in [3.8, 4) is 0 Å². The van der Waals surface area contributed by atoms with Gasteiger partial charge in [0.1, 0.15) is 0 Å². The van der Waals surface area contributed by atoms with Gasteiger partial charge < -0.3 is 4.90 Å². The van der Waals surface area contributed by atoms with Crippen molar-refractivity contribution in [2.75, 3.05) is 11.4 Å². The van der Waals surface area contributed by atoms with Crippen LogP contribution in [0, 0.1) is 6.92 Å². The maximum Gasteiger partial charge on any atom is 0.228 e. The Morgan fingerprint density at radius 2 is 2.20 bits per heavy atom. The van der Waals surface area contributed by atoms with Crippen molar-refractivity contribution in [3.63, 3.8) is 0 Å². The number of alkyl halides is 1. The van der Waals surface area contributed by atoms with Crippen LogP contribution in [0.4, 0.5) is 5.69 Å². The average Bonchev–Trinajstić information content (AvgIpc) is 2.50. The Kier molecular flexibility index (Phi) is 3.16. The lowest BCUT2D eigenvalue weighted by molar-refractivity contribution is -0.117. The van der Waals surface area contributed by atoms with Crippen LogP contribution >= 0.6 is 31.9 Å². The molecule has 0 N–H and O–H groups in total. The van der Waals surface area contributed by atoms with Crippen LogP contribution in [0.25, 0.3) is 0 Å². The van der Waals surface area contributed by atoms with Gasteiger partial charge in [-0.3, -0.25) is 4.79 Å². The van der Waals surface area contributed by atoms with Crippen LogP contribution in [0.1, 0.15) is 12.0 Å². The third-order valence-corrected chi connectivity index (χ3v) is 4.19. The van der Waals surface area contributed by atoms with E-state index in [0.717, 1.165) is 22.3 Å². The van der Waals surface area contributed by atoms with E-state index in [-0.39, 0.29) is 10.7 Å². The number of nitrogens with zero attached hydrogens (tertiary/aromatic N) is 1. The normalized spacial score (nSPS) is 21.1. The van der Waals surface area contributed by atoms with Crippen LogP contribution in [-0.4, -0.2) is 17.3 Å². The summed E-state index contributed by atoms with van der Waals surface area (Å²) in [5.74, 6) is 0.183. The number of benzene rings is 1. The number of hydrogen-bond acceptors (Lipinski definition) is 1. The third-order valence-electron chi connectivity index (χ3n) is 2.54. The van der Waals surface area contributed by atoms with Crippen LogP contribution in [0.15, 0.2) is 22.7 Å². The van der Waals surface area contributed by atoms with Crippen LogP contribution in [0.5, 0.6) is 0 Å². The van der Waals surface area contributed by atoms with Crippen molar-refractivity contribution < 1.29 is 4.79 Å². The first kappa shape index (κ1) is 11.1. The molecule has 80 valence electrons. The molecule has 1 heterocycles. The molecule has 1 amide bonds.